The second-order valence-corrected chi connectivity index (χ2v) is 6.17. The molecule has 0 saturated heterocycles. The quantitative estimate of drug-likeness (QED) is 0.703. The third-order valence-electron chi connectivity index (χ3n) is 4.39. The molecule has 0 amide bonds. The van der Waals surface area contributed by atoms with Gasteiger partial charge in [0.2, 0.25) is 0 Å². The topological polar surface area (TPSA) is 12.9 Å². The number of pyridine rings is 1. The van der Waals surface area contributed by atoms with E-state index in [1.807, 2.05) is 19.1 Å². The largest absolute Gasteiger partial charge is 0.391 e. The lowest BCUT2D eigenvalue weighted by molar-refractivity contribution is -0.184. The minimum Gasteiger partial charge on any atom is -0.265 e. The number of hydrogen-bond acceptors (Lipinski definition) is 1. The summed E-state index contributed by atoms with van der Waals surface area (Å²) in [6.45, 7) is 2.03. The Hall–Kier alpha value is -0.770. The highest BCUT2D eigenvalue weighted by atomic mass is 35.5. The summed E-state index contributed by atoms with van der Waals surface area (Å²) in [5.74, 6) is -0.843. The maximum absolute atomic E-state index is 12.7. The molecule has 1 aliphatic carbocycles. The fraction of sp³-hybridized carbons (Fsp3) is 0.667. The van der Waals surface area contributed by atoms with E-state index in [0.717, 1.165) is 5.56 Å². The van der Waals surface area contributed by atoms with Gasteiger partial charge >= 0.3 is 6.18 Å². The van der Waals surface area contributed by atoms with Crippen molar-refractivity contribution in [1.29, 1.82) is 0 Å². The highest BCUT2D eigenvalue weighted by Gasteiger charge is 2.42. The molecule has 2 unspecified atom stereocenters. The Balaban J connectivity index is 1.93. The normalized spacial score (nSPS) is 27.1. The summed E-state index contributed by atoms with van der Waals surface area (Å²) in [4.78, 5) is 3.97. The van der Waals surface area contributed by atoms with E-state index < -0.39 is 12.1 Å². The maximum atomic E-state index is 12.7. The molecular weight excluding hydrogens is 287 g/mol. The Morgan fingerprint density at radius 2 is 1.70 bits per heavy atom. The monoisotopic (exact) mass is 305 g/mol. The van der Waals surface area contributed by atoms with E-state index in [9.17, 15) is 13.2 Å². The van der Waals surface area contributed by atoms with E-state index in [2.05, 4.69) is 4.98 Å². The van der Waals surface area contributed by atoms with Crippen LogP contribution in [0.4, 0.5) is 13.2 Å². The molecule has 0 aromatic carbocycles. The van der Waals surface area contributed by atoms with Crippen LogP contribution >= 0.6 is 11.6 Å². The van der Waals surface area contributed by atoms with Gasteiger partial charge in [-0.15, -0.1) is 11.6 Å². The lowest BCUT2D eigenvalue weighted by Crippen LogP contribution is -2.32. The van der Waals surface area contributed by atoms with Crippen LogP contribution in [0.25, 0.3) is 0 Å². The van der Waals surface area contributed by atoms with Crippen LogP contribution in [0, 0.1) is 11.8 Å². The van der Waals surface area contributed by atoms with Gasteiger partial charge in [-0.25, -0.2) is 0 Å². The van der Waals surface area contributed by atoms with E-state index in [1.54, 1.807) is 12.4 Å². The summed E-state index contributed by atoms with van der Waals surface area (Å²) in [5.41, 5.74) is 1.10. The Morgan fingerprint density at radius 1 is 1.15 bits per heavy atom. The molecule has 2 rings (SSSR count). The maximum Gasteiger partial charge on any atom is 0.391 e. The zero-order chi connectivity index (χ0) is 14.8. The first-order chi connectivity index (χ1) is 9.39. The zero-order valence-electron chi connectivity index (χ0n) is 11.4. The van der Waals surface area contributed by atoms with Gasteiger partial charge < -0.3 is 0 Å². The van der Waals surface area contributed by atoms with Crippen LogP contribution in [-0.4, -0.2) is 16.5 Å². The smallest absolute Gasteiger partial charge is 0.265 e. The number of rotatable bonds is 3. The molecule has 5 heteroatoms. The molecule has 1 aromatic rings. The van der Waals surface area contributed by atoms with Gasteiger partial charge in [-0.3, -0.25) is 4.98 Å². The van der Waals surface area contributed by atoms with Crippen molar-refractivity contribution in [3.63, 3.8) is 0 Å². The van der Waals surface area contributed by atoms with Gasteiger partial charge in [0.25, 0.3) is 0 Å². The second kappa shape index (κ2) is 6.33. The summed E-state index contributed by atoms with van der Waals surface area (Å²) in [7, 11) is 0. The Kier molecular flexibility index (Phi) is 4.95. The van der Waals surface area contributed by atoms with Crippen LogP contribution in [0.3, 0.4) is 0 Å². The van der Waals surface area contributed by atoms with E-state index >= 15 is 0 Å². The Labute approximate surface area is 122 Å². The van der Waals surface area contributed by atoms with Crippen LogP contribution < -0.4 is 0 Å². The lowest BCUT2D eigenvalue weighted by Gasteiger charge is -2.34. The molecule has 1 fully saturated rings. The fourth-order valence-electron chi connectivity index (χ4n) is 3.02. The summed E-state index contributed by atoms with van der Waals surface area (Å²) in [5, 5.41) is -0.119. The van der Waals surface area contributed by atoms with Crippen molar-refractivity contribution in [3.8, 4) is 0 Å². The second-order valence-electron chi connectivity index (χ2n) is 5.67. The Bertz CT molecular complexity index is 413. The van der Waals surface area contributed by atoms with Crippen molar-refractivity contribution in [2.75, 3.05) is 0 Å². The van der Waals surface area contributed by atoms with Gasteiger partial charge in [-0.2, -0.15) is 13.2 Å². The molecule has 112 valence electrons. The molecule has 0 aliphatic heterocycles. The molecule has 1 aromatic heterocycles. The molecule has 0 radical (unpaired) electrons. The van der Waals surface area contributed by atoms with E-state index in [4.69, 9.17) is 11.6 Å². The lowest BCUT2D eigenvalue weighted by atomic mass is 9.76. The molecule has 1 saturated carbocycles. The van der Waals surface area contributed by atoms with Crippen molar-refractivity contribution in [2.24, 2.45) is 11.8 Å². The molecule has 0 spiro atoms. The molecule has 1 aliphatic rings. The first-order valence-corrected chi connectivity index (χ1v) is 7.44. The standard InChI is InChI=1S/C15H19ClF3N/c1-10(11-6-8-20-9-7-11)14(16)12-2-4-13(5-3-12)15(17,18)19/h6-10,12-14H,2-5H2,1H3. The average molecular weight is 306 g/mol. The van der Waals surface area contributed by atoms with Gasteiger partial charge in [0.15, 0.2) is 0 Å². The van der Waals surface area contributed by atoms with Gasteiger partial charge in [0.05, 0.1) is 5.92 Å². The number of aromatic nitrogens is 1. The summed E-state index contributed by atoms with van der Waals surface area (Å²) in [6, 6.07) is 3.84. The average Bonchev–Trinajstić information content (AvgIpc) is 2.46. The van der Waals surface area contributed by atoms with E-state index in [1.165, 1.54) is 0 Å². The third-order valence-corrected chi connectivity index (χ3v) is 5.13. The molecule has 2 atom stereocenters. The summed E-state index contributed by atoms with van der Waals surface area (Å²) < 4.78 is 38.0. The zero-order valence-corrected chi connectivity index (χ0v) is 12.2. The summed E-state index contributed by atoms with van der Waals surface area (Å²) >= 11 is 6.50. The predicted molar refractivity (Wildman–Crippen MR) is 73.8 cm³/mol. The molecular formula is C15H19ClF3N. The molecule has 20 heavy (non-hydrogen) atoms. The van der Waals surface area contributed by atoms with Crippen LogP contribution in [0.15, 0.2) is 24.5 Å². The van der Waals surface area contributed by atoms with Gasteiger partial charge in [0.1, 0.15) is 0 Å². The van der Waals surface area contributed by atoms with Crippen LogP contribution in [-0.2, 0) is 0 Å². The third kappa shape index (κ3) is 3.66. The first-order valence-electron chi connectivity index (χ1n) is 7.00. The minimum absolute atomic E-state index is 0.119. The fourth-order valence-corrected chi connectivity index (χ4v) is 3.42. The van der Waals surface area contributed by atoms with Gasteiger partial charge in [-0.05, 0) is 55.2 Å². The molecule has 1 nitrogen and oxygen atoms in total. The van der Waals surface area contributed by atoms with Crippen molar-refractivity contribution in [2.45, 2.75) is 50.1 Å². The number of nitrogens with zero attached hydrogens (tertiary/aromatic N) is 1. The van der Waals surface area contributed by atoms with Crippen LogP contribution in [0.5, 0.6) is 0 Å². The van der Waals surface area contributed by atoms with E-state index in [-0.39, 0.29) is 30.1 Å². The van der Waals surface area contributed by atoms with Crippen molar-refractivity contribution in [1.82, 2.24) is 4.98 Å². The number of halogens is 4. The van der Waals surface area contributed by atoms with Gasteiger partial charge in [-0.1, -0.05) is 6.92 Å². The van der Waals surface area contributed by atoms with Crippen LogP contribution in [0.2, 0.25) is 0 Å². The highest BCUT2D eigenvalue weighted by molar-refractivity contribution is 6.21. The van der Waals surface area contributed by atoms with Crippen molar-refractivity contribution >= 4 is 11.6 Å². The summed E-state index contributed by atoms with van der Waals surface area (Å²) in [6.07, 6.45) is 0.928. The number of alkyl halides is 4. The molecule has 1 heterocycles. The van der Waals surface area contributed by atoms with E-state index in [0.29, 0.717) is 12.8 Å². The molecule has 0 bridgehead atoms. The van der Waals surface area contributed by atoms with Gasteiger partial charge in [0, 0.05) is 17.8 Å². The Morgan fingerprint density at radius 3 is 2.20 bits per heavy atom. The number of hydrogen-bond donors (Lipinski definition) is 0. The predicted octanol–water partition coefficient (Wildman–Crippen LogP) is 5.16. The molecule has 0 N–H and O–H groups in total. The SMILES string of the molecule is CC(c1ccncc1)C(Cl)C1CCC(C(F)(F)F)CC1. The van der Waals surface area contributed by atoms with Crippen molar-refractivity contribution in [3.05, 3.63) is 30.1 Å². The minimum atomic E-state index is -4.05. The first kappa shape index (κ1) is 15.6. The highest BCUT2D eigenvalue weighted by Crippen LogP contribution is 2.43. The van der Waals surface area contributed by atoms with Crippen molar-refractivity contribution < 1.29 is 13.2 Å². The van der Waals surface area contributed by atoms with Crippen LogP contribution in [0.1, 0.15) is 44.1 Å².